The number of nitrogens with zero attached hydrogens (tertiary/aromatic N) is 2. The number of furan rings is 1. The van der Waals surface area contributed by atoms with Crippen LogP contribution in [0, 0.1) is 6.92 Å². The molecule has 3 atom stereocenters. The zero-order valence-corrected chi connectivity index (χ0v) is 10.1. The van der Waals surface area contributed by atoms with Crippen molar-refractivity contribution in [2.24, 2.45) is 0 Å². The molecule has 2 aromatic heterocycles. The van der Waals surface area contributed by atoms with E-state index in [2.05, 4.69) is 10.2 Å². The van der Waals surface area contributed by atoms with Gasteiger partial charge < -0.3 is 29.5 Å². The molecule has 1 saturated heterocycles. The van der Waals surface area contributed by atoms with Crippen molar-refractivity contribution in [2.45, 2.75) is 25.2 Å². The lowest BCUT2D eigenvalue weighted by molar-refractivity contribution is 0.0117. The van der Waals surface area contributed by atoms with E-state index in [-0.39, 0.29) is 18.5 Å². The number of rotatable bonds is 2. The number of aryl methyl sites for hydroxylation is 1. The fourth-order valence-electron chi connectivity index (χ4n) is 2.05. The largest absolute Gasteiger partial charge is 0.463 e. The Balaban J connectivity index is 1.93. The molecule has 0 amide bonds. The monoisotopic (exact) mass is 267 g/mol. The summed E-state index contributed by atoms with van der Waals surface area (Å²) in [6, 6.07) is 1.60. The Morgan fingerprint density at radius 1 is 1.32 bits per heavy atom. The van der Waals surface area contributed by atoms with Gasteiger partial charge in [-0.05, 0) is 13.0 Å². The third kappa shape index (κ3) is 1.99. The van der Waals surface area contributed by atoms with Gasteiger partial charge in [0, 0.05) is 0 Å². The second-order valence-corrected chi connectivity index (χ2v) is 4.38. The maximum atomic E-state index is 9.78. The van der Waals surface area contributed by atoms with Gasteiger partial charge in [-0.15, -0.1) is 5.10 Å². The summed E-state index contributed by atoms with van der Waals surface area (Å²) in [4.78, 5) is 0. The van der Waals surface area contributed by atoms with E-state index in [4.69, 9.17) is 19.3 Å². The number of aliphatic hydroxyl groups excluding tert-OH is 2. The molecule has 19 heavy (non-hydrogen) atoms. The van der Waals surface area contributed by atoms with Crippen molar-refractivity contribution in [1.82, 2.24) is 10.2 Å². The molecular weight excluding hydrogens is 254 g/mol. The Morgan fingerprint density at radius 2 is 2.11 bits per heavy atom. The number of ether oxygens (including phenoxy) is 1. The SMILES string of the molecule is Cc1oc([C@@H]2OC[C@@H](O)[C@H]2O)cc1-c1nnc(N)o1. The van der Waals surface area contributed by atoms with Gasteiger partial charge in [0.15, 0.2) is 0 Å². The molecule has 0 unspecified atom stereocenters. The number of nitrogen functional groups attached to an aromatic ring is 1. The molecule has 3 rings (SSSR count). The van der Waals surface area contributed by atoms with E-state index < -0.39 is 18.3 Å². The summed E-state index contributed by atoms with van der Waals surface area (Å²) in [5.74, 6) is 1.17. The van der Waals surface area contributed by atoms with Crippen molar-refractivity contribution >= 4 is 6.01 Å². The van der Waals surface area contributed by atoms with Gasteiger partial charge in [-0.25, -0.2) is 0 Å². The Morgan fingerprint density at radius 3 is 2.68 bits per heavy atom. The first-order valence-corrected chi connectivity index (χ1v) is 5.73. The Labute approximate surface area is 107 Å². The summed E-state index contributed by atoms with van der Waals surface area (Å²) < 4.78 is 15.9. The van der Waals surface area contributed by atoms with Crippen LogP contribution in [-0.2, 0) is 4.74 Å². The molecule has 1 fully saturated rings. The van der Waals surface area contributed by atoms with Gasteiger partial charge in [-0.2, -0.15) is 0 Å². The van der Waals surface area contributed by atoms with Gasteiger partial charge in [0.2, 0.25) is 0 Å². The van der Waals surface area contributed by atoms with Crippen LogP contribution < -0.4 is 5.73 Å². The lowest BCUT2D eigenvalue weighted by Crippen LogP contribution is -2.24. The topological polar surface area (TPSA) is 128 Å². The highest BCUT2D eigenvalue weighted by atomic mass is 16.5. The second-order valence-electron chi connectivity index (χ2n) is 4.38. The van der Waals surface area contributed by atoms with Crippen LogP contribution in [0.2, 0.25) is 0 Å². The maximum Gasteiger partial charge on any atom is 0.313 e. The van der Waals surface area contributed by atoms with E-state index in [1.165, 1.54) is 0 Å². The van der Waals surface area contributed by atoms with E-state index in [9.17, 15) is 10.2 Å². The number of aromatic nitrogens is 2. The lowest BCUT2D eigenvalue weighted by Gasteiger charge is -2.11. The maximum absolute atomic E-state index is 9.78. The van der Waals surface area contributed by atoms with Gasteiger partial charge >= 0.3 is 6.01 Å². The van der Waals surface area contributed by atoms with Crippen LogP contribution >= 0.6 is 0 Å². The van der Waals surface area contributed by atoms with Gasteiger partial charge in [0.1, 0.15) is 29.8 Å². The summed E-state index contributed by atoms with van der Waals surface area (Å²) in [5.41, 5.74) is 5.95. The van der Waals surface area contributed by atoms with Crippen molar-refractivity contribution in [2.75, 3.05) is 12.3 Å². The van der Waals surface area contributed by atoms with Crippen molar-refractivity contribution in [3.63, 3.8) is 0 Å². The first kappa shape index (κ1) is 12.2. The Bertz CT molecular complexity index is 593. The molecule has 8 heteroatoms. The highest BCUT2D eigenvalue weighted by Crippen LogP contribution is 2.35. The third-order valence-electron chi connectivity index (χ3n) is 3.04. The van der Waals surface area contributed by atoms with Crippen molar-refractivity contribution in [3.8, 4) is 11.5 Å². The van der Waals surface area contributed by atoms with Crippen LogP contribution in [0.5, 0.6) is 0 Å². The third-order valence-corrected chi connectivity index (χ3v) is 3.04. The average molecular weight is 267 g/mol. The summed E-state index contributed by atoms with van der Waals surface area (Å²) >= 11 is 0. The lowest BCUT2D eigenvalue weighted by atomic mass is 10.1. The minimum absolute atomic E-state index is 0.0373. The molecule has 4 N–H and O–H groups in total. The number of hydrogen-bond donors (Lipinski definition) is 3. The second kappa shape index (κ2) is 4.34. The molecule has 0 aliphatic carbocycles. The average Bonchev–Trinajstić information content (AvgIpc) is 3.02. The highest BCUT2D eigenvalue weighted by Gasteiger charge is 2.38. The van der Waals surface area contributed by atoms with Crippen LogP contribution in [0.3, 0.4) is 0 Å². The molecule has 1 aliphatic rings. The van der Waals surface area contributed by atoms with Crippen molar-refractivity contribution in [1.29, 1.82) is 0 Å². The molecule has 0 saturated carbocycles. The molecular formula is C11H13N3O5. The Kier molecular flexibility index (Phi) is 2.77. The van der Waals surface area contributed by atoms with Crippen LogP contribution in [0.15, 0.2) is 14.9 Å². The van der Waals surface area contributed by atoms with E-state index in [0.29, 0.717) is 17.1 Å². The first-order chi connectivity index (χ1) is 9.06. The highest BCUT2D eigenvalue weighted by molar-refractivity contribution is 5.56. The summed E-state index contributed by atoms with van der Waals surface area (Å²) in [6.07, 6.45) is -2.65. The molecule has 102 valence electrons. The standard InChI is InChI=1S/C11H13N3O5/c1-4-5(10-13-14-11(12)19-10)2-7(18-4)9-8(16)6(15)3-17-9/h2,6,8-9,15-16H,3H2,1H3,(H2,12,14)/t6-,8-,9+/m1/s1. The minimum atomic E-state index is -1.02. The predicted octanol–water partition coefficient (Wildman–Crippen LogP) is 0.0133. The molecule has 0 radical (unpaired) electrons. The molecule has 0 spiro atoms. The van der Waals surface area contributed by atoms with Crippen LogP contribution in [0.4, 0.5) is 6.01 Å². The number of nitrogens with two attached hydrogens (primary N) is 1. The number of anilines is 1. The summed E-state index contributed by atoms with van der Waals surface area (Å²) in [6.45, 7) is 1.78. The summed E-state index contributed by atoms with van der Waals surface area (Å²) in [5, 5.41) is 26.6. The fraction of sp³-hybridized carbons (Fsp3) is 0.455. The van der Waals surface area contributed by atoms with E-state index in [1.54, 1.807) is 13.0 Å². The first-order valence-electron chi connectivity index (χ1n) is 5.73. The van der Waals surface area contributed by atoms with E-state index >= 15 is 0 Å². The molecule has 2 aromatic rings. The quantitative estimate of drug-likeness (QED) is 0.694. The van der Waals surface area contributed by atoms with Crippen molar-refractivity contribution < 1.29 is 23.8 Å². The predicted molar refractivity (Wildman–Crippen MR) is 61.9 cm³/mol. The van der Waals surface area contributed by atoms with Gasteiger partial charge in [-0.1, -0.05) is 5.10 Å². The molecule has 0 bridgehead atoms. The summed E-state index contributed by atoms with van der Waals surface area (Å²) in [7, 11) is 0. The normalized spacial score (nSPS) is 27.0. The van der Waals surface area contributed by atoms with Crippen molar-refractivity contribution in [3.05, 3.63) is 17.6 Å². The van der Waals surface area contributed by atoms with Crippen LogP contribution in [0.1, 0.15) is 17.6 Å². The molecule has 8 nitrogen and oxygen atoms in total. The number of hydrogen-bond acceptors (Lipinski definition) is 8. The molecule has 1 aliphatic heterocycles. The van der Waals surface area contributed by atoms with Gasteiger partial charge in [0.25, 0.3) is 5.89 Å². The van der Waals surface area contributed by atoms with E-state index in [1.807, 2.05) is 0 Å². The zero-order valence-electron chi connectivity index (χ0n) is 10.1. The minimum Gasteiger partial charge on any atom is -0.463 e. The Hall–Kier alpha value is -1.90. The fourth-order valence-corrected chi connectivity index (χ4v) is 2.05. The molecule has 3 heterocycles. The van der Waals surface area contributed by atoms with Gasteiger partial charge in [0.05, 0.1) is 12.2 Å². The van der Waals surface area contributed by atoms with Crippen LogP contribution in [0.25, 0.3) is 11.5 Å². The van der Waals surface area contributed by atoms with Crippen LogP contribution in [-0.4, -0.2) is 39.2 Å². The van der Waals surface area contributed by atoms with E-state index in [0.717, 1.165) is 0 Å². The van der Waals surface area contributed by atoms with Gasteiger partial charge in [-0.3, -0.25) is 0 Å². The molecule has 0 aromatic carbocycles. The smallest absolute Gasteiger partial charge is 0.313 e. The number of aliphatic hydroxyl groups is 2. The zero-order chi connectivity index (χ0) is 13.6.